The minimum absolute atomic E-state index is 0.0275. The number of benzene rings is 1. The Kier molecular flexibility index (Phi) is 2.88. The van der Waals surface area contributed by atoms with Crippen LogP contribution in [0.25, 0.3) is 21.3 Å². The van der Waals surface area contributed by atoms with Crippen LogP contribution in [-0.4, -0.2) is 45.1 Å². The first-order chi connectivity index (χ1) is 12.7. The van der Waals surface area contributed by atoms with E-state index in [0.717, 1.165) is 50.6 Å². The number of pyridine rings is 1. The van der Waals surface area contributed by atoms with Gasteiger partial charge in [0.2, 0.25) is 5.91 Å². The van der Waals surface area contributed by atoms with Crippen molar-refractivity contribution in [1.82, 2.24) is 20.1 Å². The number of carbonyl (C=O) groups excluding carboxylic acids is 1. The van der Waals surface area contributed by atoms with Crippen LogP contribution < -0.4 is 5.32 Å². The molecule has 0 spiro atoms. The second-order valence-electron chi connectivity index (χ2n) is 7.54. The van der Waals surface area contributed by atoms with Gasteiger partial charge in [0.15, 0.2) is 0 Å². The molecule has 2 aromatic heterocycles. The molecule has 1 N–H and O–H groups in total. The first-order valence-electron chi connectivity index (χ1n) is 8.91. The summed E-state index contributed by atoms with van der Waals surface area (Å²) in [6.07, 6.45) is 1.80. The molecule has 2 saturated carbocycles. The highest BCUT2D eigenvalue weighted by atomic mass is 32.1. The monoisotopic (exact) mass is 363 g/mol. The van der Waals surface area contributed by atoms with Crippen molar-refractivity contribution in [3.8, 4) is 10.6 Å². The van der Waals surface area contributed by atoms with Crippen LogP contribution in [-0.2, 0) is 4.79 Å². The van der Waals surface area contributed by atoms with Gasteiger partial charge in [-0.1, -0.05) is 23.5 Å². The Labute approximate surface area is 154 Å². The Bertz CT molecular complexity index is 1050. The second kappa shape index (κ2) is 5.08. The Morgan fingerprint density at radius 2 is 2.15 bits per heavy atom. The van der Waals surface area contributed by atoms with E-state index in [-0.39, 0.29) is 5.91 Å². The number of piperidine rings is 1. The van der Waals surface area contributed by atoms with E-state index in [1.807, 2.05) is 25.1 Å². The molecular formula is C19H17N5OS. The number of rotatable bonds is 4. The molecule has 1 aromatic carbocycles. The molecule has 7 heteroatoms. The van der Waals surface area contributed by atoms with Crippen LogP contribution in [0.3, 0.4) is 0 Å². The zero-order valence-electron chi connectivity index (χ0n) is 14.2. The molecule has 2 bridgehead atoms. The van der Waals surface area contributed by atoms with Gasteiger partial charge in [-0.2, -0.15) is 0 Å². The van der Waals surface area contributed by atoms with Crippen molar-refractivity contribution in [2.24, 2.45) is 17.8 Å². The number of carbonyl (C=O) groups is 1. The molecule has 2 aliphatic heterocycles. The molecule has 2 saturated heterocycles. The molecule has 1 amide bonds. The number of hydrogen-bond acceptors (Lipinski definition) is 6. The lowest BCUT2D eigenvalue weighted by Gasteiger charge is -2.14. The zero-order valence-corrected chi connectivity index (χ0v) is 15.0. The predicted octanol–water partition coefficient (Wildman–Crippen LogP) is 2.56. The molecular weight excluding hydrogens is 346 g/mol. The van der Waals surface area contributed by atoms with Crippen molar-refractivity contribution in [2.45, 2.75) is 13.0 Å². The highest BCUT2D eigenvalue weighted by Crippen LogP contribution is 2.75. The molecule has 7 rings (SSSR count). The lowest BCUT2D eigenvalue weighted by molar-refractivity contribution is -0.117. The number of fused-ring (bicyclic) bond motifs is 2. The third-order valence-electron chi connectivity index (χ3n) is 5.92. The average molecular weight is 363 g/mol. The normalized spacial score (nSPS) is 28.2. The highest BCUT2D eigenvalue weighted by Gasteiger charge is 2.80. The number of anilines is 1. The van der Waals surface area contributed by atoms with Crippen molar-refractivity contribution in [1.29, 1.82) is 0 Å². The summed E-state index contributed by atoms with van der Waals surface area (Å²) in [5.41, 5.74) is 1.03. The number of hydrogen-bond donors (Lipinski definition) is 1. The summed E-state index contributed by atoms with van der Waals surface area (Å²) < 4.78 is 0. The van der Waals surface area contributed by atoms with Crippen molar-refractivity contribution in [3.63, 3.8) is 0 Å². The van der Waals surface area contributed by atoms with E-state index in [1.165, 1.54) is 0 Å². The number of nitrogens with zero attached hydrogens (tertiary/aromatic N) is 4. The molecule has 4 fully saturated rings. The fourth-order valence-electron chi connectivity index (χ4n) is 4.55. The quantitative estimate of drug-likeness (QED) is 0.771. The third kappa shape index (κ3) is 2.20. The van der Waals surface area contributed by atoms with Crippen molar-refractivity contribution < 1.29 is 4.79 Å². The van der Waals surface area contributed by atoms with Gasteiger partial charge >= 0.3 is 0 Å². The lowest BCUT2D eigenvalue weighted by atomic mass is 10.1. The number of nitrogens with one attached hydrogen (secondary N) is 1. The maximum Gasteiger partial charge on any atom is 0.239 e. The summed E-state index contributed by atoms with van der Waals surface area (Å²) in [7, 11) is 0. The van der Waals surface area contributed by atoms with Gasteiger partial charge in [0.25, 0.3) is 0 Å². The van der Waals surface area contributed by atoms with E-state index in [9.17, 15) is 4.79 Å². The van der Waals surface area contributed by atoms with Crippen LogP contribution >= 0.6 is 11.3 Å². The third-order valence-corrected chi connectivity index (χ3v) is 6.80. The Hall–Kier alpha value is -2.38. The largest absolute Gasteiger partial charge is 0.310 e. The summed E-state index contributed by atoms with van der Waals surface area (Å²) in [4.78, 5) is 19.1. The average Bonchev–Trinajstić information content (AvgIpc) is 3.34. The molecule has 4 heterocycles. The number of aryl methyl sites for hydroxylation is 1. The van der Waals surface area contributed by atoms with Crippen molar-refractivity contribution in [3.05, 3.63) is 35.5 Å². The molecule has 2 unspecified atom stereocenters. The maximum absolute atomic E-state index is 12.4. The zero-order chi connectivity index (χ0) is 17.4. The standard InChI is InChI=1S/C19H17N5OS/c1-9-22-23-19(26-9)10-2-3-11-6-20-14(5-12(11)4-10)21-15(25)8-24-7-13-16-17(13)18(16)24/h2-6,13,16-18H,7-8H2,1H3,(H,20,21,25). The van der Waals surface area contributed by atoms with Crippen molar-refractivity contribution in [2.75, 3.05) is 18.4 Å². The molecule has 3 aromatic rings. The SMILES string of the molecule is Cc1nnc(-c2ccc3cnc(NC(=O)CN4CC5C6C5C64)cc3c2)s1. The molecule has 2 aliphatic carbocycles. The van der Waals surface area contributed by atoms with Crippen LogP contribution in [0.1, 0.15) is 5.01 Å². The van der Waals surface area contributed by atoms with E-state index in [1.54, 1.807) is 17.5 Å². The number of amides is 1. The second-order valence-corrected chi connectivity index (χ2v) is 8.73. The molecule has 4 aliphatic rings. The van der Waals surface area contributed by atoms with Gasteiger partial charge in [-0.15, -0.1) is 10.2 Å². The first-order valence-corrected chi connectivity index (χ1v) is 9.73. The number of aromatic nitrogens is 3. The highest BCUT2D eigenvalue weighted by molar-refractivity contribution is 7.14. The van der Waals surface area contributed by atoms with Gasteiger partial charge in [-0.25, -0.2) is 4.98 Å². The van der Waals surface area contributed by atoms with Crippen LogP contribution in [0.2, 0.25) is 0 Å². The van der Waals surface area contributed by atoms with E-state index in [2.05, 4.69) is 31.5 Å². The van der Waals surface area contributed by atoms with E-state index >= 15 is 0 Å². The Morgan fingerprint density at radius 3 is 2.88 bits per heavy atom. The van der Waals surface area contributed by atoms with Gasteiger partial charge in [0.1, 0.15) is 15.8 Å². The minimum atomic E-state index is 0.0275. The summed E-state index contributed by atoms with van der Waals surface area (Å²) in [6.45, 7) is 3.53. The van der Waals surface area contributed by atoms with Crippen LogP contribution in [0, 0.1) is 24.7 Å². The van der Waals surface area contributed by atoms with E-state index in [4.69, 9.17) is 0 Å². The van der Waals surface area contributed by atoms with Gasteiger partial charge in [0, 0.05) is 29.7 Å². The Morgan fingerprint density at radius 1 is 1.27 bits per heavy atom. The Balaban J connectivity index is 1.22. The summed E-state index contributed by atoms with van der Waals surface area (Å²) >= 11 is 1.57. The van der Waals surface area contributed by atoms with Crippen LogP contribution in [0.5, 0.6) is 0 Å². The van der Waals surface area contributed by atoms with Gasteiger partial charge in [0.05, 0.1) is 6.54 Å². The fourth-order valence-corrected chi connectivity index (χ4v) is 5.23. The maximum atomic E-state index is 12.4. The summed E-state index contributed by atoms with van der Waals surface area (Å²) in [6, 6.07) is 8.77. The topological polar surface area (TPSA) is 71.0 Å². The first kappa shape index (κ1) is 14.8. The minimum Gasteiger partial charge on any atom is -0.310 e. The fraction of sp³-hybridized carbons (Fsp3) is 0.368. The van der Waals surface area contributed by atoms with E-state index in [0.29, 0.717) is 18.4 Å². The summed E-state index contributed by atoms with van der Waals surface area (Å²) in [5, 5.41) is 15.2. The molecule has 2 atom stereocenters. The van der Waals surface area contributed by atoms with E-state index < -0.39 is 0 Å². The van der Waals surface area contributed by atoms with Gasteiger partial charge in [-0.3, -0.25) is 9.69 Å². The van der Waals surface area contributed by atoms with Crippen molar-refractivity contribution >= 4 is 33.8 Å². The lowest BCUT2D eigenvalue weighted by Crippen LogP contribution is -2.32. The smallest absolute Gasteiger partial charge is 0.239 e. The van der Waals surface area contributed by atoms with Crippen LogP contribution in [0.4, 0.5) is 5.82 Å². The van der Waals surface area contributed by atoms with Gasteiger partial charge < -0.3 is 5.32 Å². The molecule has 26 heavy (non-hydrogen) atoms. The predicted molar refractivity (Wildman–Crippen MR) is 99.8 cm³/mol. The van der Waals surface area contributed by atoms with Crippen LogP contribution in [0.15, 0.2) is 30.5 Å². The molecule has 130 valence electrons. The molecule has 6 nitrogen and oxygen atoms in total. The molecule has 0 radical (unpaired) electrons. The summed E-state index contributed by atoms with van der Waals surface area (Å²) in [5.74, 6) is 3.37. The van der Waals surface area contributed by atoms with Gasteiger partial charge in [-0.05, 0) is 42.2 Å².